The molecule has 3 N–H and O–H groups in total. The zero-order chi connectivity index (χ0) is 17.0. The van der Waals surface area contributed by atoms with E-state index in [1.54, 1.807) is 30.7 Å². The summed E-state index contributed by atoms with van der Waals surface area (Å²) < 4.78 is 0. The van der Waals surface area contributed by atoms with Crippen molar-refractivity contribution in [1.29, 1.82) is 0 Å². The van der Waals surface area contributed by atoms with Gasteiger partial charge in [0.1, 0.15) is 11.4 Å². The predicted octanol–water partition coefficient (Wildman–Crippen LogP) is 1.92. The highest BCUT2D eigenvalue weighted by Crippen LogP contribution is 2.32. The van der Waals surface area contributed by atoms with E-state index >= 15 is 0 Å². The summed E-state index contributed by atoms with van der Waals surface area (Å²) in [6.45, 7) is 1.50. The summed E-state index contributed by atoms with van der Waals surface area (Å²) in [6, 6.07) is 3.44. The number of aliphatic carboxylic acids is 1. The fraction of sp³-hybridized carbons (Fsp3) is 0.250. The molecule has 2 aromatic rings. The van der Waals surface area contributed by atoms with Crippen LogP contribution in [0.3, 0.4) is 0 Å². The van der Waals surface area contributed by atoms with Crippen molar-refractivity contribution in [3.05, 3.63) is 53.2 Å². The second kappa shape index (κ2) is 6.94. The van der Waals surface area contributed by atoms with Crippen LogP contribution in [-0.4, -0.2) is 39.1 Å². The number of carbonyl (C=O) groups is 1. The summed E-state index contributed by atoms with van der Waals surface area (Å²) >= 11 is 6.31. The molecule has 24 heavy (non-hydrogen) atoms. The minimum atomic E-state index is -1.02. The van der Waals surface area contributed by atoms with Gasteiger partial charge in [0.2, 0.25) is 0 Å². The van der Waals surface area contributed by atoms with Gasteiger partial charge < -0.3 is 15.7 Å². The average Bonchev–Trinajstić information content (AvgIpc) is 3.06. The Labute approximate surface area is 143 Å². The zero-order valence-corrected chi connectivity index (χ0v) is 13.5. The lowest BCUT2D eigenvalue weighted by Gasteiger charge is -2.28. The van der Waals surface area contributed by atoms with Crippen LogP contribution in [-0.2, 0) is 10.3 Å². The van der Waals surface area contributed by atoms with Gasteiger partial charge in [0.15, 0.2) is 5.82 Å². The number of hydrogen-bond acceptors (Lipinski definition) is 6. The van der Waals surface area contributed by atoms with Crippen LogP contribution in [0.4, 0.5) is 5.82 Å². The van der Waals surface area contributed by atoms with E-state index in [1.807, 2.05) is 0 Å². The molecule has 1 fully saturated rings. The van der Waals surface area contributed by atoms with Crippen molar-refractivity contribution in [3.63, 3.8) is 0 Å². The first-order valence-electron chi connectivity index (χ1n) is 7.42. The van der Waals surface area contributed by atoms with Crippen LogP contribution >= 0.6 is 11.6 Å². The quantitative estimate of drug-likeness (QED) is 0.712. The fourth-order valence-electron chi connectivity index (χ4n) is 2.62. The maximum absolute atomic E-state index is 10.6. The first-order valence-corrected chi connectivity index (χ1v) is 7.80. The second-order valence-electron chi connectivity index (χ2n) is 5.48. The first-order chi connectivity index (χ1) is 11.6. The molecule has 1 aliphatic heterocycles. The number of pyridine rings is 1. The zero-order valence-electron chi connectivity index (χ0n) is 12.7. The molecule has 7 nitrogen and oxygen atoms in total. The minimum absolute atomic E-state index is 0.407. The lowest BCUT2D eigenvalue weighted by molar-refractivity contribution is -0.131. The van der Waals surface area contributed by atoms with Gasteiger partial charge in [-0.1, -0.05) is 11.6 Å². The van der Waals surface area contributed by atoms with Crippen molar-refractivity contribution in [1.82, 2.24) is 20.3 Å². The molecule has 1 aliphatic rings. The van der Waals surface area contributed by atoms with E-state index in [9.17, 15) is 4.79 Å². The Morgan fingerprint density at radius 1 is 1.38 bits per heavy atom. The van der Waals surface area contributed by atoms with Crippen LogP contribution in [0, 0.1) is 0 Å². The van der Waals surface area contributed by atoms with Gasteiger partial charge in [0.05, 0.1) is 5.02 Å². The average molecular weight is 346 g/mol. The van der Waals surface area contributed by atoms with Gasteiger partial charge >= 0.3 is 5.97 Å². The number of hydrogen-bond donors (Lipinski definition) is 3. The Hall–Kier alpha value is -2.51. The van der Waals surface area contributed by atoms with Crippen LogP contribution in [0.1, 0.15) is 17.8 Å². The Morgan fingerprint density at radius 3 is 2.79 bits per heavy atom. The molecule has 0 aliphatic carbocycles. The van der Waals surface area contributed by atoms with Gasteiger partial charge in [0.25, 0.3) is 0 Å². The third-order valence-electron chi connectivity index (χ3n) is 3.79. The molecule has 0 aromatic carbocycles. The largest absolute Gasteiger partial charge is 0.478 e. The summed E-state index contributed by atoms with van der Waals surface area (Å²) in [5.41, 5.74) is 0.138. The number of halogens is 1. The van der Waals surface area contributed by atoms with Gasteiger partial charge in [0, 0.05) is 31.2 Å². The van der Waals surface area contributed by atoms with Gasteiger partial charge in [-0.15, -0.1) is 0 Å². The maximum atomic E-state index is 10.6. The number of rotatable bonds is 5. The molecular weight excluding hydrogens is 330 g/mol. The van der Waals surface area contributed by atoms with Crippen molar-refractivity contribution in [2.24, 2.45) is 0 Å². The van der Waals surface area contributed by atoms with E-state index in [0.717, 1.165) is 19.0 Å². The molecule has 0 saturated carbocycles. The molecule has 0 unspecified atom stereocenters. The highest BCUT2D eigenvalue weighted by Gasteiger charge is 2.39. The molecule has 1 saturated heterocycles. The highest BCUT2D eigenvalue weighted by atomic mass is 35.5. The Morgan fingerprint density at radius 2 is 2.17 bits per heavy atom. The van der Waals surface area contributed by atoms with Crippen LogP contribution in [0.25, 0.3) is 6.08 Å². The number of nitrogens with zero attached hydrogens (tertiary/aromatic N) is 3. The van der Waals surface area contributed by atoms with Crippen LogP contribution in [0.2, 0.25) is 5.02 Å². The molecule has 3 rings (SSSR count). The van der Waals surface area contributed by atoms with Crippen LogP contribution in [0.5, 0.6) is 0 Å². The Bertz CT molecular complexity index is 760. The van der Waals surface area contributed by atoms with Crippen molar-refractivity contribution < 1.29 is 9.90 Å². The number of carboxylic acids is 1. The molecule has 2 aromatic heterocycles. The van der Waals surface area contributed by atoms with Gasteiger partial charge in [-0.25, -0.2) is 19.7 Å². The normalized spacial score (nSPS) is 20.4. The SMILES string of the molecule is O=C(O)/C=C/c1cnc(N[C@]2(c3ncccn3)CCNC2)c(Cl)c1. The summed E-state index contributed by atoms with van der Waals surface area (Å²) in [4.78, 5) is 23.6. The topological polar surface area (TPSA) is 100 Å². The standard InChI is InChI=1S/C16H16ClN5O2/c17-12-8-11(2-3-13(23)24)9-21-14(12)22-16(4-7-18-10-16)15-19-5-1-6-20-15/h1-3,5-6,8-9,18H,4,7,10H2,(H,21,22)(H,23,24)/b3-2+/t16-/m1/s1. The first kappa shape index (κ1) is 16.4. The van der Waals surface area contributed by atoms with Crippen LogP contribution < -0.4 is 10.6 Å². The van der Waals surface area contributed by atoms with E-state index in [4.69, 9.17) is 16.7 Å². The fourth-order valence-corrected chi connectivity index (χ4v) is 2.84. The second-order valence-corrected chi connectivity index (χ2v) is 5.88. The van der Waals surface area contributed by atoms with Crippen LogP contribution in [0.15, 0.2) is 36.8 Å². The van der Waals surface area contributed by atoms with Crippen molar-refractivity contribution in [2.75, 3.05) is 18.4 Å². The maximum Gasteiger partial charge on any atom is 0.328 e. The van der Waals surface area contributed by atoms with Gasteiger partial charge in [-0.05, 0) is 36.7 Å². The summed E-state index contributed by atoms with van der Waals surface area (Å²) in [5.74, 6) is 0.175. The minimum Gasteiger partial charge on any atom is -0.478 e. The number of nitrogens with one attached hydrogen (secondary N) is 2. The molecule has 0 radical (unpaired) electrons. The Balaban J connectivity index is 1.87. The predicted molar refractivity (Wildman–Crippen MR) is 90.7 cm³/mol. The summed E-state index contributed by atoms with van der Waals surface area (Å²) in [5, 5.41) is 15.7. The summed E-state index contributed by atoms with van der Waals surface area (Å²) in [7, 11) is 0. The van der Waals surface area contributed by atoms with Gasteiger partial charge in [-0.2, -0.15) is 0 Å². The van der Waals surface area contributed by atoms with E-state index in [-0.39, 0.29) is 0 Å². The molecule has 124 valence electrons. The molecule has 0 bridgehead atoms. The van der Waals surface area contributed by atoms with E-state index < -0.39 is 11.5 Å². The van der Waals surface area contributed by atoms with E-state index in [2.05, 4.69) is 25.6 Å². The monoisotopic (exact) mass is 345 g/mol. The molecular formula is C16H16ClN5O2. The molecule has 0 spiro atoms. The number of anilines is 1. The molecule has 1 atom stereocenters. The molecule has 3 heterocycles. The van der Waals surface area contributed by atoms with E-state index in [1.165, 1.54) is 6.08 Å². The lowest BCUT2D eigenvalue weighted by atomic mass is 9.97. The molecule has 0 amide bonds. The van der Waals surface area contributed by atoms with E-state index in [0.29, 0.717) is 28.8 Å². The third-order valence-corrected chi connectivity index (χ3v) is 4.08. The molecule has 8 heteroatoms. The lowest BCUT2D eigenvalue weighted by Crippen LogP contribution is -2.39. The third kappa shape index (κ3) is 3.52. The van der Waals surface area contributed by atoms with Crippen molar-refractivity contribution >= 4 is 29.5 Å². The highest BCUT2D eigenvalue weighted by molar-refractivity contribution is 6.33. The van der Waals surface area contributed by atoms with Crippen molar-refractivity contribution in [2.45, 2.75) is 12.0 Å². The smallest absolute Gasteiger partial charge is 0.328 e. The number of aromatic nitrogens is 3. The van der Waals surface area contributed by atoms with Crippen molar-refractivity contribution in [3.8, 4) is 0 Å². The number of carboxylic acid groups (broad SMARTS) is 1. The Kier molecular flexibility index (Phi) is 4.73. The summed E-state index contributed by atoms with van der Waals surface area (Å²) in [6.07, 6.45) is 8.27. The van der Waals surface area contributed by atoms with Gasteiger partial charge in [-0.3, -0.25) is 0 Å².